The fourth-order valence-corrected chi connectivity index (χ4v) is 2.23. The molecule has 1 aromatic carbocycles. The van der Waals surface area contributed by atoms with Crippen LogP contribution in [-0.2, 0) is 4.74 Å². The van der Waals surface area contributed by atoms with Crippen LogP contribution >= 0.6 is 15.9 Å². The zero-order chi connectivity index (χ0) is 10.8. The molecular formula is C12H16BrNO. The molecular weight excluding hydrogens is 254 g/mol. The molecule has 0 unspecified atom stereocenters. The van der Waals surface area contributed by atoms with Gasteiger partial charge in [-0.2, -0.15) is 0 Å². The largest absolute Gasteiger partial charge is 0.379 e. The van der Waals surface area contributed by atoms with Crippen molar-refractivity contribution in [2.75, 3.05) is 11.9 Å². The summed E-state index contributed by atoms with van der Waals surface area (Å²) in [5, 5.41) is 3.53. The summed E-state index contributed by atoms with van der Waals surface area (Å²) >= 11 is 3.55. The molecule has 3 heteroatoms. The van der Waals surface area contributed by atoms with Gasteiger partial charge in [-0.25, -0.2) is 0 Å². The standard InChI is InChI=1S/C12H16BrNO/c1-8-3-4-10(13)12(7-8)14-11-5-6-15-9(11)2/h3-4,7,9,11,14H,5-6H2,1-2H3/t9-,11+/m1/s1. The molecule has 1 fully saturated rings. The highest BCUT2D eigenvalue weighted by molar-refractivity contribution is 9.10. The Balaban J connectivity index is 2.12. The molecule has 0 saturated carbocycles. The molecule has 1 aliphatic heterocycles. The highest BCUT2D eigenvalue weighted by atomic mass is 79.9. The SMILES string of the molecule is Cc1ccc(Br)c(N[C@H]2CCO[C@@H]2C)c1. The second kappa shape index (κ2) is 4.54. The zero-order valence-corrected chi connectivity index (χ0v) is 10.7. The molecule has 2 rings (SSSR count). The number of halogens is 1. The van der Waals surface area contributed by atoms with E-state index in [9.17, 15) is 0 Å². The number of rotatable bonds is 2. The molecule has 0 bridgehead atoms. The van der Waals surface area contributed by atoms with Crippen LogP contribution in [0.5, 0.6) is 0 Å². The summed E-state index contributed by atoms with van der Waals surface area (Å²) in [6.45, 7) is 5.09. The van der Waals surface area contributed by atoms with Crippen molar-refractivity contribution in [1.82, 2.24) is 0 Å². The highest BCUT2D eigenvalue weighted by Gasteiger charge is 2.24. The van der Waals surface area contributed by atoms with Crippen molar-refractivity contribution < 1.29 is 4.74 Å². The highest BCUT2D eigenvalue weighted by Crippen LogP contribution is 2.26. The molecule has 0 aromatic heterocycles. The Hall–Kier alpha value is -0.540. The van der Waals surface area contributed by atoms with Gasteiger partial charge in [0.2, 0.25) is 0 Å². The number of nitrogens with one attached hydrogen (secondary N) is 1. The van der Waals surface area contributed by atoms with Crippen LogP contribution in [-0.4, -0.2) is 18.8 Å². The number of hydrogen-bond donors (Lipinski definition) is 1. The predicted octanol–water partition coefficient (Wildman–Crippen LogP) is 3.35. The summed E-state index contributed by atoms with van der Waals surface area (Å²) in [5.74, 6) is 0. The van der Waals surface area contributed by atoms with Crippen LogP contribution < -0.4 is 5.32 Å². The van der Waals surface area contributed by atoms with Gasteiger partial charge in [0.05, 0.1) is 12.1 Å². The van der Waals surface area contributed by atoms with Crippen LogP contribution in [0.4, 0.5) is 5.69 Å². The van der Waals surface area contributed by atoms with Gasteiger partial charge in [-0.05, 0) is 53.9 Å². The topological polar surface area (TPSA) is 21.3 Å². The van der Waals surface area contributed by atoms with E-state index in [1.54, 1.807) is 0 Å². The molecule has 0 aliphatic carbocycles. The lowest BCUT2D eigenvalue weighted by atomic mass is 10.1. The first-order chi connectivity index (χ1) is 7.16. The zero-order valence-electron chi connectivity index (χ0n) is 9.09. The van der Waals surface area contributed by atoms with Crippen molar-refractivity contribution >= 4 is 21.6 Å². The summed E-state index contributed by atoms with van der Waals surface area (Å²) in [6, 6.07) is 6.78. The summed E-state index contributed by atoms with van der Waals surface area (Å²) in [7, 11) is 0. The van der Waals surface area contributed by atoms with E-state index in [1.807, 2.05) is 0 Å². The van der Waals surface area contributed by atoms with Crippen LogP contribution in [0.15, 0.2) is 22.7 Å². The summed E-state index contributed by atoms with van der Waals surface area (Å²) in [4.78, 5) is 0. The van der Waals surface area contributed by atoms with Gasteiger partial charge in [-0.3, -0.25) is 0 Å². The minimum atomic E-state index is 0.303. The van der Waals surface area contributed by atoms with E-state index in [2.05, 4.69) is 53.3 Å². The fourth-order valence-electron chi connectivity index (χ4n) is 1.87. The molecule has 1 saturated heterocycles. The minimum absolute atomic E-state index is 0.303. The van der Waals surface area contributed by atoms with Gasteiger partial charge < -0.3 is 10.1 Å². The Kier molecular flexibility index (Phi) is 3.32. The van der Waals surface area contributed by atoms with E-state index in [0.29, 0.717) is 12.1 Å². The maximum atomic E-state index is 5.53. The number of hydrogen-bond acceptors (Lipinski definition) is 2. The van der Waals surface area contributed by atoms with Crippen molar-refractivity contribution in [2.45, 2.75) is 32.4 Å². The lowest BCUT2D eigenvalue weighted by Gasteiger charge is -2.18. The van der Waals surface area contributed by atoms with Gasteiger partial charge in [0.15, 0.2) is 0 Å². The van der Waals surface area contributed by atoms with Crippen LogP contribution in [0.3, 0.4) is 0 Å². The summed E-state index contributed by atoms with van der Waals surface area (Å²) < 4.78 is 6.65. The van der Waals surface area contributed by atoms with Crippen LogP contribution in [0.1, 0.15) is 18.9 Å². The lowest BCUT2D eigenvalue weighted by molar-refractivity contribution is 0.121. The van der Waals surface area contributed by atoms with Crippen molar-refractivity contribution in [2.24, 2.45) is 0 Å². The van der Waals surface area contributed by atoms with E-state index >= 15 is 0 Å². The maximum Gasteiger partial charge on any atom is 0.0748 e. The molecule has 2 atom stereocenters. The second-order valence-corrected chi connectivity index (χ2v) is 4.95. The van der Waals surface area contributed by atoms with Crippen molar-refractivity contribution in [3.05, 3.63) is 28.2 Å². The minimum Gasteiger partial charge on any atom is -0.379 e. The van der Waals surface area contributed by atoms with Crippen LogP contribution in [0.2, 0.25) is 0 Å². The first-order valence-electron chi connectivity index (χ1n) is 5.31. The van der Waals surface area contributed by atoms with Gasteiger partial charge >= 0.3 is 0 Å². The van der Waals surface area contributed by atoms with Gasteiger partial charge in [-0.15, -0.1) is 0 Å². The van der Waals surface area contributed by atoms with E-state index in [1.165, 1.54) is 5.56 Å². The Morgan fingerprint density at radius 3 is 2.93 bits per heavy atom. The Labute approximate surface area is 99.1 Å². The van der Waals surface area contributed by atoms with E-state index < -0.39 is 0 Å². The van der Waals surface area contributed by atoms with Crippen molar-refractivity contribution in [3.63, 3.8) is 0 Å². The number of benzene rings is 1. The molecule has 1 heterocycles. The maximum absolute atomic E-state index is 5.53. The molecule has 0 spiro atoms. The summed E-state index contributed by atoms with van der Waals surface area (Å²) in [5.41, 5.74) is 2.43. The third-order valence-electron chi connectivity index (χ3n) is 2.84. The molecule has 15 heavy (non-hydrogen) atoms. The van der Waals surface area contributed by atoms with Crippen molar-refractivity contribution in [1.29, 1.82) is 0 Å². The number of anilines is 1. The van der Waals surface area contributed by atoms with E-state index in [0.717, 1.165) is 23.2 Å². The Morgan fingerprint density at radius 1 is 1.47 bits per heavy atom. The first-order valence-corrected chi connectivity index (χ1v) is 6.10. The monoisotopic (exact) mass is 269 g/mol. The average molecular weight is 270 g/mol. The fraction of sp³-hybridized carbons (Fsp3) is 0.500. The van der Waals surface area contributed by atoms with Crippen LogP contribution in [0.25, 0.3) is 0 Å². The Bertz CT molecular complexity index is 353. The number of ether oxygens (including phenoxy) is 1. The lowest BCUT2D eigenvalue weighted by Crippen LogP contribution is -2.26. The van der Waals surface area contributed by atoms with Crippen LogP contribution in [0, 0.1) is 6.92 Å². The van der Waals surface area contributed by atoms with E-state index in [-0.39, 0.29) is 0 Å². The molecule has 0 amide bonds. The Morgan fingerprint density at radius 2 is 2.27 bits per heavy atom. The van der Waals surface area contributed by atoms with Crippen molar-refractivity contribution in [3.8, 4) is 0 Å². The third kappa shape index (κ3) is 2.52. The summed E-state index contributed by atoms with van der Waals surface area (Å²) in [6.07, 6.45) is 1.39. The smallest absolute Gasteiger partial charge is 0.0748 e. The second-order valence-electron chi connectivity index (χ2n) is 4.10. The van der Waals surface area contributed by atoms with Gasteiger partial charge in [0, 0.05) is 16.8 Å². The molecule has 82 valence electrons. The van der Waals surface area contributed by atoms with Gasteiger partial charge in [-0.1, -0.05) is 6.07 Å². The predicted molar refractivity (Wildman–Crippen MR) is 66.3 cm³/mol. The average Bonchev–Trinajstić information content (AvgIpc) is 2.58. The molecule has 1 aliphatic rings. The molecule has 2 nitrogen and oxygen atoms in total. The third-order valence-corrected chi connectivity index (χ3v) is 3.53. The van der Waals surface area contributed by atoms with Gasteiger partial charge in [0.25, 0.3) is 0 Å². The molecule has 1 aromatic rings. The molecule has 1 N–H and O–H groups in total. The van der Waals surface area contributed by atoms with Gasteiger partial charge in [0.1, 0.15) is 0 Å². The quantitative estimate of drug-likeness (QED) is 0.889. The normalized spacial score (nSPS) is 25.5. The molecule has 0 radical (unpaired) electrons. The first kappa shape index (κ1) is 11.0. The van der Waals surface area contributed by atoms with E-state index in [4.69, 9.17) is 4.74 Å². The number of aryl methyl sites for hydroxylation is 1.